The molecule has 0 aliphatic heterocycles. The van der Waals surface area contributed by atoms with E-state index < -0.39 is 6.10 Å². The average molecular weight is 226 g/mol. The molecule has 0 amide bonds. The largest absolute Gasteiger partial charge is 0.384 e. The van der Waals surface area contributed by atoms with Gasteiger partial charge in [-0.3, -0.25) is 0 Å². The Morgan fingerprint density at radius 3 is 2.71 bits per heavy atom. The summed E-state index contributed by atoms with van der Waals surface area (Å²) in [4.78, 5) is 0. The highest BCUT2D eigenvalue weighted by Gasteiger charge is 2.29. The van der Waals surface area contributed by atoms with Crippen LogP contribution in [0.3, 0.4) is 0 Å². The van der Waals surface area contributed by atoms with Gasteiger partial charge in [-0.05, 0) is 60.5 Å². The van der Waals surface area contributed by atoms with E-state index in [4.69, 9.17) is 0 Å². The molecule has 0 saturated carbocycles. The van der Waals surface area contributed by atoms with Gasteiger partial charge in [0.05, 0.1) is 0 Å². The summed E-state index contributed by atoms with van der Waals surface area (Å²) >= 11 is 0. The molecule has 0 bridgehead atoms. The first-order valence-electron chi connectivity index (χ1n) is 6.46. The van der Waals surface area contributed by atoms with Crippen molar-refractivity contribution in [3.63, 3.8) is 0 Å². The summed E-state index contributed by atoms with van der Waals surface area (Å²) in [6, 6.07) is 8.21. The quantitative estimate of drug-likeness (QED) is 0.767. The predicted molar refractivity (Wildman–Crippen MR) is 70.5 cm³/mol. The molecule has 0 aromatic heterocycles. The van der Waals surface area contributed by atoms with Crippen LogP contribution in [0.25, 0.3) is 5.57 Å². The zero-order valence-corrected chi connectivity index (χ0v) is 10.2. The Bertz CT molecular complexity index is 508. The monoisotopic (exact) mass is 226 g/mol. The Hall–Kier alpha value is -1.34. The third-order valence-electron chi connectivity index (χ3n) is 3.97. The van der Waals surface area contributed by atoms with Crippen LogP contribution in [0.2, 0.25) is 0 Å². The Morgan fingerprint density at radius 1 is 1.18 bits per heavy atom. The maximum Gasteiger partial charge on any atom is 0.105 e. The normalized spacial score (nSPS) is 23.6. The molecule has 1 nitrogen and oxygen atoms in total. The molecule has 2 aliphatic carbocycles. The Balaban J connectivity index is 2.08. The second kappa shape index (κ2) is 4.15. The third kappa shape index (κ3) is 1.66. The van der Waals surface area contributed by atoms with Crippen LogP contribution in [0.1, 0.15) is 49.8 Å². The highest BCUT2D eigenvalue weighted by Crippen LogP contribution is 2.45. The van der Waals surface area contributed by atoms with E-state index in [1.807, 2.05) is 18.2 Å². The van der Waals surface area contributed by atoms with E-state index in [2.05, 4.69) is 19.1 Å². The number of fused-ring (bicyclic) bond motifs is 1. The summed E-state index contributed by atoms with van der Waals surface area (Å²) in [6.45, 7) is 2.14. The molecule has 1 atom stereocenters. The summed E-state index contributed by atoms with van der Waals surface area (Å²) in [6.07, 6.45) is 6.74. The van der Waals surface area contributed by atoms with Crippen molar-refractivity contribution in [2.24, 2.45) is 0 Å². The van der Waals surface area contributed by atoms with Crippen molar-refractivity contribution < 1.29 is 5.11 Å². The standard InChI is InChI=1S/C16H18O/c1-11-13-9-5-6-10-14(13)16(17)15(11)12-7-3-2-4-8-12/h5-7,9-10,16-17H,2-4,8H2,1H3. The van der Waals surface area contributed by atoms with Gasteiger partial charge >= 0.3 is 0 Å². The molecule has 1 aromatic carbocycles. The molecule has 2 aliphatic rings. The molecular weight excluding hydrogens is 208 g/mol. The fourth-order valence-electron chi connectivity index (χ4n) is 3.08. The lowest BCUT2D eigenvalue weighted by atomic mass is 9.90. The minimum atomic E-state index is -0.407. The second-order valence-electron chi connectivity index (χ2n) is 5.00. The van der Waals surface area contributed by atoms with Crippen molar-refractivity contribution in [3.8, 4) is 0 Å². The van der Waals surface area contributed by atoms with Crippen LogP contribution in [0.5, 0.6) is 0 Å². The van der Waals surface area contributed by atoms with Gasteiger partial charge in [0.15, 0.2) is 0 Å². The van der Waals surface area contributed by atoms with Gasteiger partial charge in [0, 0.05) is 0 Å². The lowest BCUT2D eigenvalue weighted by Gasteiger charge is -2.18. The van der Waals surface area contributed by atoms with E-state index in [9.17, 15) is 5.11 Å². The molecule has 17 heavy (non-hydrogen) atoms. The zero-order valence-electron chi connectivity index (χ0n) is 10.2. The molecule has 1 N–H and O–H groups in total. The Morgan fingerprint density at radius 2 is 2.00 bits per heavy atom. The van der Waals surface area contributed by atoms with Crippen LogP contribution in [-0.4, -0.2) is 5.11 Å². The van der Waals surface area contributed by atoms with E-state index in [0.717, 1.165) is 18.4 Å². The highest BCUT2D eigenvalue weighted by molar-refractivity contribution is 5.79. The fourth-order valence-corrected chi connectivity index (χ4v) is 3.08. The average Bonchev–Trinajstić information content (AvgIpc) is 2.64. The van der Waals surface area contributed by atoms with Gasteiger partial charge < -0.3 is 5.11 Å². The molecule has 3 rings (SSSR count). The molecule has 1 aromatic rings. The minimum absolute atomic E-state index is 0.407. The summed E-state index contributed by atoms with van der Waals surface area (Å²) < 4.78 is 0. The smallest absolute Gasteiger partial charge is 0.105 e. The van der Waals surface area contributed by atoms with Gasteiger partial charge in [-0.25, -0.2) is 0 Å². The Labute approximate surface area is 102 Å². The first kappa shape index (κ1) is 10.8. The summed E-state index contributed by atoms with van der Waals surface area (Å²) in [5.41, 5.74) is 6.11. The van der Waals surface area contributed by atoms with Gasteiger partial charge in [-0.15, -0.1) is 0 Å². The van der Waals surface area contributed by atoms with Gasteiger partial charge in [0.2, 0.25) is 0 Å². The summed E-state index contributed by atoms with van der Waals surface area (Å²) in [5.74, 6) is 0. The lowest BCUT2D eigenvalue weighted by Crippen LogP contribution is -2.03. The molecule has 1 unspecified atom stereocenters. The molecule has 0 fully saturated rings. The van der Waals surface area contributed by atoms with Crippen molar-refractivity contribution in [1.82, 2.24) is 0 Å². The third-order valence-corrected chi connectivity index (χ3v) is 3.97. The second-order valence-corrected chi connectivity index (χ2v) is 5.00. The molecule has 0 saturated heterocycles. The van der Waals surface area contributed by atoms with E-state index in [1.165, 1.54) is 35.1 Å². The summed E-state index contributed by atoms with van der Waals surface area (Å²) in [5, 5.41) is 10.5. The van der Waals surface area contributed by atoms with Gasteiger partial charge in [-0.2, -0.15) is 0 Å². The number of benzene rings is 1. The topological polar surface area (TPSA) is 20.2 Å². The van der Waals surface area contributed by atoms with Crippen LogP contribution in [0.15, 0.2) is 41.5 Å². The molecule has 88 valence electrons. The maximum atomic E-state index is 10.5. The van der Waals surface area contributed by atoms with Gasteiger partial charge in [0.1, 0.15) is 6.10 Å². The van der Waals surface area contributed by atoms with Crippen LogP contribution < -0.4 is 0 Å². The fraction of sp³-hybridized carbons (Fsp3) is 0.375. The van der Waals surface area contributed by atoms with E-state index in [0.29, 0.717) is 0 Å². The van der Waals surface area contributed by atoms with Crippen molar-refractivity contribution in [1.29, 1.82) is 0 Å². The van der Waals surface area contributed by atoms with Crippen molar-refractivity contribution in [2.75, 3.05) is 0 Å². The molecule has 1 heteroatoms. The number of hydrogen-bond acceptors (Lipinski definition) is 1. The van der Waals surface area contributed by atoms with Crippen molar-refractivity contribution in [2.45, 2.75) is 38.7 Å². The molecule has 0 heterocycles. The van der Waals surface area contributed by atoms with Crippen molar-refractivity contribution >= 4 is 5.57 Å². The molecule has 0 radical (unpaired) electrons. The van der Waals surface area contributed by atoms with Gasteiger partial charge in [-0.1, -0.05) is 30.3 Å². The van der Waals surface area contributed by atoms with Crippen LogP contribution >= 0.6 is 0 Å². The molecule has 0 spiro atoms. The number of rotatable bonds is 1. The number of aliphatic hydroxyl groups is 1. The van der Waals surface area contributed by atoms with E-state index >= 15 is 0 Å². The van der Waals surface area contributed by atoms with Crippen LogP contribution in [-0.2, 0) is 0 Å². The SMILES string of the molecule is CC1=C(C2=CCCCC2)C(O)c2ccccc21. The van der Waals surface area contributed by atoms with Gasteiger partial charge in [0.25, 0.3) is 0 Å². The van der Waals surface area contributed by atoms with Crippen molar-refractivity contribution in [3.05, 3.63) is 52.6 Å². The van der Waals surface area contributed by atoms with Crippen LogP contribution in [0, 0.1) is 0 Å². The maximum absolute atomic E-state index is 10.5. The number of allylic oxidation sites excluding steroid dienone is 2. The molecular formula is C16H18O. The van der Waals surface area contributed by atoms with Crippen LogP contribution in [0.4, 0.5) is 0 Å². The Kier molecular flexibility index (Phi) is 2.64. The van der Waals surface area contributed by atoms with E-state index in [1.54, 1.807) is 0 Å². The predicted octanol–water partition coefficient (Wildman–Crippen LogP) is 4.01. The minimum Gasteiger partial charge on any atom is -0.384 e. The zero-order chi connectivity index (χ0) is 11.8. The lowest BCUT2D eigenvalue weighted by molar-refractivity contribution is 0.221. The van der Waals surface area contributed by atoms with E-state index in [-0.39, 0.29) is 0 Å². The summed E-state index contributed by atoms with van der Waals surface area (Å²) in [7, 11) is 0. The number of hydrogen-bond donors (Lipinski definition) is 1. The first-order chi connectivity index (χ1) is 8.29. The first-order valence-corrected chi connectivity index (χ1v) is 6.46. The number of aliphatic hydroxyl groups excluding tert-OH is 1. The highest BCUT2D eigenvalue weighted by atomic mass is 16.3.